The van der Waals surface area contributed by atoms with Crippen LogP contribution < -0.4 is 0 Å². The van der Waals surface area contributed by atoms with Crippen LogP contribution in [0.4, 0.5) is 0 Å². The Morgan fingerprint density at radius 2 is 2.21 bits per heavy atom. The Balaban J connectivity index is 1.50. The summed E-state index contributed by atoms with van der Waals surface area (Å²) in [6, 6.07) is 0. The fraction of sp³-hybridized carbons (Fsp3) is 0.625. The van der Waals surface area contributed by atoms with Crippen molar-refractivity contribution in [2.24, 2.45) is 0 Å². The highest BCUT2D eigenvalue weighted by Gasteiger charge is 2.37. The molecule has 8 heteroatoms. The molecule has 0 unspecified atom stereocenters. The highest BCUT2D eigenvalue weighted by atomic mass is 32.1. The topological polar surface area (TPSA) is 70.3 Å². The zero-order chi connectivity index (χ0) is 16.6. The van der Waals surface area contributed by atoms with Crippen LogP contribution in [0.15, 0.2) is 17.8 Å². The highest BCUT2D eigenvalue weighted by molar-refractivity contribution is 7.15. The lowest BCUT2D eigenvalue weighted by molar-refractivity contribution is -0.0524. The molecule has 0 aliphatic carbocycles. The minimum absolute atomic E-state index is 0.142. The van der Waals surface area contributed by atoms with Crippen LogP contribution in [0.5, 0.6) is 0 Å². The highest BCUT2D eigenvalue weighted by Crippen LogP contribution is 2.20. The molecule has 130 valence electrons. The van der Waals surface area contributed by atoms with Crippen molar-refractivity contribution in [2.75, 3.05) is 45.9 Å². The Morgan fingerprint density at radius 1 is 1.38 bits per heavy atom. The SMILES string of the molecule is O=C(c1cn2ccsc2n1)N1CCOC[C@](O)(CN2CCCC2)C1. The van der Waals surface area contributed by atoms with Gasteiger partial charge in [0.05, 0.1) is 19.8 Å². The average Bonchev–Trinajstić information content (AvgIpc) is 3.24. The van der Waals surface area contributed by atoms with Crippen LogP contribution in [-0.4, -0.2) is 81.7 Å². The summed E-state index contributed by atoms with van der Waals surface area (Å²) in [7, 11) is 0. The second-order valence-electron chi connectivity index (χ2n) is 6.71. The molecule has 2 aromatic rings. The Bertz CT molecular complexity index is 695. The lowest BCUT2D eigenvalue weighted by Crippen LogP contribution is -2.53. The van der Waals surface area contributed by atoms with Gasteiger partial charge in [-0.1, -0.05) is 0 Å². The summed E-state index contributed by atoms with van der Waals surface area (Å²) in [5.74, 6) is -0.142. The molecule has 4 heterocycles. The van der Waals surface area contributed by atoms with Crippen molar-refractivity contribution in [1.82, 2.24) is 19.2 Å². The molecule has 0 saturated carbocycles. The number of hydrogen-bond donors (Lipinski definition) is 1. The normalized spacial score (nSPS) is 26.1. The number of hydrogen-bond acceptors (Lipinski definition) is 6. The van der Waals surface area contributed by atoms with Crippen LogP contribution in [0.1, 0.15) is 23.3 Å². The van der Waals surface area contributed by atoms with Gasteiger partial charge >= 0.3 is 0 Å². The fourth-order valence-corrected chi connectivity index (χ4v) is 4.24. The fourth-order valence-electron chi connectivity index (χ4n) is 3.54. The van der Waals surface area contributed by atoms with E-state index in [1.165, 1.54) is 24.2 Å². The van der Waals surface area contributed by atoms with E-state index in [4.69, 9.17) is 4.74 Å². The minimum Gasteiger partial charge on any atom is -0.384 e. The Kier molecular flexibility index (Phi) is 4.29. The second-order valence-corrected chi connectivity index (χ2v) is 7.58. The number of aromatic nitrogens is 2. The molecule has 2 aliphatic rings. The molecule has 2 aromatic heterocycles. The van der Waals surface area contributed by atoms with Gasteiger partial charge < -0.3 is 19.6 Å². The maximum atomic E-state index is 12.8. The van der Waals surface area contributed by atoms with Crippen molar-refractivity contribution in [3.8, 4) is 0 Å². The second kappa shape index (κ2) is 6.44. The number of aliphatic hydroxyl groups is 1. The molecule has 2 saturated heterocycles. The van der Waals surface area contributed by atoms with E-state index in [9.17, 15) is 9.90 Å². The van der Waals surface area contributed by atoms with Crippen LogP contribution in [0, 0.1) is 0 Å². The number of β-amino-alcohol motifs (C(OH)–C–C–N with tert-alkyl or cyclic N) is 1. The first kappa shape index (κ1) is 16.0. The minimum atomic E-state index is -1.02. The molecular formula is C16H22N4O3S. The van der Waals surface area contributed by atoms with Gasteiger partial charge in [-0.05, 0) is 25.9 Å². The van der Waals surface area contributed by atoms with Crippen molar-refractivity contribution in [2.45, 2.75) is 18.4 Å². The zero-order valence-corrected chi connectivity index (χ0v) is 14.4. The number of carbonyl (C=O) groups is 1. The van der Waals surface area contributed by atoms with Gasteiger partial charge in [-0.25, -0.2) is 4.98 Å². The monoisotopic (exact) mass is 350 g/mol. The van der Waals surface area contributed by atoms with Gasteiger partial charge in [0.25, 0.3) is 5.91 Å². The third kappa shape index (κ3) is 3.19. The number of rotatable bonds is 3. The lowest BCUT2D eigenvalue weighted by Gasteiger charge is -2.33. The quantitative estimate of drug-likeness (QED) is 0.882. The van der Waals surface area contributed by atoms with E-state index in [0.29, 0.717) is 25.4 Å². The average molecular weight is 350 g/mol. The summed E-state index contributed by atoms with van der Waals surface area (Å²) in [6.45, 7) is 4.04. The molecule has 1 amide bonds. The number of thiazole rings is 1. The molecule has 2 aliphatic heterocycles. The number of likely N-dealkylation sites (tertiary alicyclic amines) is 1. The first-order valence-electron chi connectivity index (χ1n) is 8.37. The first-order valence-corrected chi connectivity index (χ1v) is 9.25. The Hall–Kier alpha value is -1.48. The van der Waals surface area contributed by atoms with Crippen molar-refractivity contribution >= 4 is 22.2 Å². The number of carbonyl (C=O) groups excluding carboxylic acids is 1. The first-order chi connectivity index (χ1) is 11.6. The lowest BCUT2D eigenvalue weighted by atomic mass is 10.0. The van der Waals surface area contributed by atoms with E-state index in [2.05, 4.69) is 9.88 Å². The molecule has 0 spiro atoms. The van der Waals surface area contributed by atoms with Crippen LogP contribution in [-0.2, 0) is 4.74 Å². The molecule has 2 fully saturated rings. The predicted molar refractivity (Wildman–Crippen MR) is 90.4 cm³/mol. The van der Waals surface area contributed by atoms with Crippen LogP contribution in [0.3, 0.4) is 0 Å². The van der Waals surface area contributed by atoms with E-state index in [1.807, 2.05) is 16.0 Å². The van der Waals surface area contributed by atoms with Gasteiger partial charge in [0, 0.05) is 30.9 Å². The van der Waals surface area contributed by atoms with Gasteiger partial charge in [-0.2, -0.15) is 0 Å². The molecular weight excluding hydrogens is 328 g/mol. The molecule has 0 bridgehead atoms. The van der Waals surface area contributed by atoms with E-state index >= 15 is 0 Å². The summed E-state index contributed by atoms with van der Waals surface area (Å²) in [5, 5.41) is 12.9. The predicted octanol–water partition coefficient (Wildman–Crippen LogP) is 0.695. The van der Waals surface area contributed by atoms with Gasteiger partial charge in [0.2, 0.25) is 0 Å². The van der Waals surface area contributed by atoms with Crippen LogP contribution >= 0.6 is 11.3 Å². The van der Waals surface area contributed by atoms with Gasteiger partial charge in [0.1, 0.15) is 11.3 Å². The standard InChI is InChI=1S/C16H22N4O3S/c21-14(13-9-19-6-8-24-15(19)17-13)20-5-7-23-12-16(22,11-20)10-18-3-1-2-4-18/h6,8-9,22H,1-5,7,10-12H2/t16-/m0/s1. The summed E-state index contributed by atoms with van der Waals surface area (Å²) < 4.78 is 7.44. The van der Waals surface area contributed by atoms with Gasteiger partial charge in [0.15, 0.2) is 4.96 Å². The number of imidazole rings is 1. The molecule has 1 atom stereocenters. The third-order valence-corrected chi connectivity index (χ3v) is 5.45. The molecule has 7 nitrogen and oxygen atoms in total. The van der Waals surface area contributed by atoms with Crippen LogP contribution in [0.25, 0.3) is 4.96 Å². The Labute approximate surface area is 144 Å². The molecule has 0 aromatic carbocycles. The Morgan fingerprint density at radius 3 is 3.00 bits per heavy atom. The summed E-state index contributed by atoms with van der Waals surface area (Å²) in [5.41, 5.74) is -0.597. The molecule has 0 radical (unpaired) electrons. The summed E-state index contributed by atoms with van der Waals surface area (Å²) in [4.78, 5) is 21.9. The van der Waals surface area contributed by atoms with Gasteiger partial charge in [-0.3, -0.25) is 9.20 Å². The van der Waals surface area contributed by atoms with Crippen molar-refractivity contribution in [1.29, 1.82) is 0 Å². The zero-order valence-electron chi connectivity index (χ0n) is 13.6. The van der Waals surface area contributed by atoms with Crippen molar-refractivity contribution in [3.05, 3.63) is 23.5 Å². The number of ether oxygens (including phenoxy) is 1. The number of nitrogens with zero attached hydrogens (tertiary/aromatic N) is 4. The van der Waals surface area contributed by atoms with Crippen molar-refractivity contribution in [3.63, 3.8) is 0 Å². The molecule has 1 N–H and O–H groups in total. The van der Waals surface area contributed by atoms with Crippen LogP contribution in [0.2, 0.25) is 0 Å². The summed E-state index contributed by atoms with van der Waals surface area (Å²) in [6.07, 6.45) is 5.98. The van der Waals surface area contributed by atoms with E-state index < -0.39 is 5.60 Å². The third-order valence-electron chi connectivity index (χ3n) is 4.68. The molecule has 4 rings (SSSR count). The van der Waals surface area contributed by atoms with E-state index in [-0.39, 0.29) is 19.1 Å². The largest absolute Gasteiger partial charge is 0.384 e. The smallest absolute Gasteiger partial charge is 0.274 e. The van der Waals surface area contributed by atoms with E-state index in [0.717, 1.165) is 18.1 Å². The summed E-state index contributed by atoms with van der Waals surface area (Å²) >= 11 is 1.50. The maximum absolute atomic E-state index is 12.8. The van der Waals surface area contributed by atoms with Gasteiger partial charge in [-0.15, -0.1) is 11.3 Å². The number of fused-ring (bicyclic) bond motifs is 1. The van der Waals surface area contributed by atoms with E-state index in [1.54, 1.807) is 11.1 Å². The van der Waals surface area contributed by atoms with Crippen molar-refractivity contribution < 1.29 is 14.6 Å². The molecule has 24 heavy (non-hydrogen) atoms. The number of amides is 1. The maximum Gasteiger partial charge on any atom is 0.274 e.